The van der Waals surface area contributed by atoms with Crippen molar-refractivity contribution in [3.8, 4) is 0 Å². The van der Waals surface area contributed by atoms with E-state index in [1.165, 1.54) is 4.41 Å². The molecule has 3 N–H and O–H groups in total. The quantitative estimate of drug-likeness (QED) is 0.721. The van der Waals surface area contributed by atoms with Crippen LogP contribution in [0.25, 0.3) is 0 Å². The molecule has 170 valence electrons. The molecule has 1 unspecified atom stereocenters. The van der Waals surface area contributed by atoms with Crippen molar-refractivity contribution < 1.29 is 21.9 Å². The fourth-order valence-corrected chi connectivity index (χ4v) is 7.28. The zero-order valence-corrected chi connectivity index (χ0v) is 18.1. The lowest BCUT2D eigenvalue weighted by atomic mass is 9.93. The molecule has 3 atom stereocenters. The van der Waals surface area contributed by atoms with Crippen LogP contribution < -0.4 is 11.2 Å². The Bertz CT molecular complexity index is 996. The number of sulfonamides is 1. The molecule has 2 fully saturated rings. The number of hydrazine groups is 1. The van der Waals surface area contributed by atoms with Crippen LogP contribution in [0.1, 0.15) is 43.8 Å². The van der Waals surface area contributed by atoms with Gasteiger partial charge in [-0.15, -0.1) is 0 Å². The van der Waals surface area contributed by atoms with Crippen LogP contribution in [0.5, 0.6) is 0 Å². The topological polar surface area (TPSA) is 87.9 Å². The first kappa shape index (κ1) is 21.3. The van der Waals surface area contributed by atoms with Gasteiger partial charge in [0.15, 0.2) is 0 Å². The number of hydrogen-bond donors (Lipinski definition) is 2. The number of nitrogens with zero attached hydrogens (tertiary/aromatic N) is 2. The van der Waals surface area contributed by atoms with E-state index < -0.39 is 33.8 Å². The second-order valence-electron chi connectivity index (χ2n) is 8.98. The molecule has 0 spiro atoms. The average Bonchev–Trinajstić information content (AvgIpc) is 3.47. The fourth-order valence-electron chi connectivity index (χ4n) is 5.31. The van der Waals surface area contributed by atoms with Gasteiger partial charge in [-0.05, 0) is 43.0 Å². The van der Waals surface area contributed by atoms with Crippen molar-refractivity contribution in [3.63, 3.8) is 0 Å². The fraction of sp³-hybridized carbons (Fsp3) is 0.619. The smallest absolute Gasteiger partial charge is 0.251 e. The predicted octanol–water partition coefficient (Wildman–Crippen LogP) is 1.78. The zero-order valence-electron chi connectivity index (χ0n) is 17.3. The van der Waals surface area contributed by atoms with Crippen molar-refractivity contribution in [3.05, 3.63) is 46.7 Å². The number of halogens is 2. The summed E-state index contributed by atoms with van der Waals surface area (Å²) in [7, 11) is -3.41. The third-order valence-corrected chi connectivity index (χ3v) is 9.17. The average molecular weight is 455 g/mol. The molecular weight excluding hydrogens is 426 g/mol. The molecule has 31 heavy (non-hydrogen) atoms. The number of nitrogens with one attached hydrogen (secondary N) is 1. The van der Waals surface area contributed by atoms with E-state index in [-0.39, 0.29) is 16.9 Å². The first-order chi connectivity index (χ1) is 14.8. The number of nitrogens with two attached hydrogens (primary N) is 1. The summed E-state index contributed by atoms with van der Waals surface area (Å²) in [4.78, 5) is 2.18. The van der Waals surface area contributed by atoms with Gasteiger partial charge in [-0.3, -0.25) is 4.90 Å². The van der Waals surface area contributed by atoms with Crippen molar-refractivity contribution in [2.45, 2.75) is 55.5 Å². The summed E-state index contributed by atoms with van der Waals surface area (Å²) in [6, 6.07) is 2.82. The van der Waals surface area contributed by atoms with Gasteiger partial charge in [0.2, 0.25) is 0 Å². The van der Waals surface area contributed by atoms with E-state index in [0.29, 0.717) is 32.7 Å². The van der Waals surface area contributed by atoms with Crippen LogP contribution >= 0.6 is 0 Å². The lowest BCUT2D eigenvalue weighted by molar-refractivity contribution is -0.0472. The number of benzene rings is 1. The van der Waals surface area contributed by atoms with Crippen LogP contribution in [0.2, 0.25) is 0 Å². The molecule has 1 aliphatic carbocycles. The van der Waals surface area contributed by atoms with E-state index in [1.807, 2.05) is 0 Å². The standard InChI is InChI=1S/C21H28F2N4O3S/c22-14-5-6-18(23)17(7-14)21-19(24)8-15(12-30-21)26-10-13-9-25-27(20(13)11-26)31(28,29)16-3-1-2-4-16/h5-7,15-16,19,21,25H,1-4,8-12,24H2/t15?,19-,21+/m0/s1. The number of hydrogen-bond acceptors (Lipinski definition) is 6. The highest BCUT2D eigenvalue weighted by Crippen LogP contribution is 2.36. The van der Waals surface area contributed by atoms with Crippen molar-refractivity contribution in [2.24, 2.45) is 5.73 Å². The summed E-state index contributed by atoms with van der Waals surface area (Å²) >= 11 is 0. The van der Waals surface area contributed by atoms with Crippen LogP contribution in [0, 0.1) is 11.6 Å². The maximum absolute atomic E-state index is 14.2. The molecule has 0 radical (unpaired) electrons. The first-order valence-corrected chi connectivity index (χ1v) is 12.4. The molecule has 0 amide bonds. The summed E-state index contributed by atoms with van der Waals surface area (Å²) in [5.74, 6) is -1.05. The van der Waals surface area contributed by atoms with E-state index >= 15 is 0 Å². The minimum atomic E-state index is -3.41. The number of rotatable bonds is 4. The molecule has 7 nitrogen and oxygen atoms in total. The Balaban J connectivity index is 1.25. The van der Waals surface area contributed by atoms with E-state index in [1.54, 1.807) is 0 Å². The molecule has 4 aliphatic rings. The van der Waals surface area contributed by atoms with Crippen molar-refractivity contribution in [2.75, 3.05) is 26.2 Å². The SMILES string of the molecule is N[C@H]1CC(N2CC3=C(C2)N(S(=O)(=O)C2CCCC2)NC3)CO[C@@H]1c1cc(F)ccc1F. The molecular formula is C21H28F2N4O3S. The molecule has 0 bridgehead atoms. The third kappa shape index (κ3) is 3.78. The van der Waals surface area contributed by atoms with Crippen LogP contribution in [0.3, 0.4) is 0 Å². The maximum Gasteiger partial charge on any atom is 0.251 e. The van der Waals surface area contributed by atoms with Gasteiger partial charge in [-0.2, -0.15) is 0 Å². The maximum atomic E-state index is 14.2. The number of ether oxygens (including phenoxy) is 1. The second kappa shape index (κ2) is 8.08. The van der Waals surface area contributed by atoms with E-state index in [2.05, 4.69) is 10.3 Å². The van der Waals surface area contributed by atoms with E-state index in [9.17, 15) is 17.2 Å². The summed E-state index contributed by atoms with van der Waals surface area (Å²) in [5, 5.41) is -0.311. The Hall–Kier alpha value is -1.59. The van der Waals surface area contributed by atoms with Gasteiger partial charge in [0, 0.05) is 37.3 Å². The molecule has 10 heteroatoms. The van der Waals surface area contributed by atoms with Gasteiger partial charge in [-0.25, -0.2) is 27.0 Å². The van der Waals surface area contributed by atoms with Crippen LogP contribution in [0.15, 0.2) is 29.5 Å². The molecule has 3 heterocycles. The first-order valence-electron chi connectivity index (χ1n) is 10.9. The molecule has 1 aromatic carbocycles. The lowest BCUT2D eigenvalue weighted by Crippen LogP contribution is -2.51. The van der Waals surface area contributed by atoms with Crippen LogP contribution in [0.4, 0.5) is 8.78 Å². The molecule has 1 saturated carbocycles. The van der Waals surface area contributed by atoms with Gasteiger partial charge < -0.3 is 10.5 Å². The summed E-state index contributed by atoms with van der Waals surface area (Å²) in [6.45, 7) is 2.01. The van der Waals surface area contributed by atoms with Gasteiger partial charge in [0.05, 0.1) is 17.6 Å². The highest BCUT2D eigenvalue weighted by atomic mass is 32.2. The minimum Gasteiger partial charge on any atom is -0.370 e. The van der Waals surface area contributed by atoms with E-state index in [0.717, 1.165) is 55.2 Å². The van der Waals surface area contributed by atoms with Gasteiger partial charge in [-0.1, -0.05) is 12.8 Å². The summed E-state index contributed by atoms with van der Waals surface area (Å²) < 4.78 is 61.2. The van der Waals surface area contributed by atoms with E-state index in [4.69, 9.17) is 10.5 Å². The van der Waals surface area contributed by atoms with Gasteiger partial charge >= 0.3 is 0 Å². The van der Waals surface area contributed by atoms with Gasteiger partial charge in [0.25, 0.3) is 10.0 Å². The largest absolute Gasteiger partial charge is 0.370 e. The molecule has 1 saturated heterocycles. The van der Waals surface area contributed by atoms with Crippen molar-refractivity contribution in [1.82, 2.24) is 14.7 Å². The Morgan fingerprint density at radius 2 is 1.94 bits per heavy atom. The highest BCUT2D eigenvalue weighted by molar-refractivity contribution is 7.89. The predicted molar refractivity (Wildman–Crippen MR) is 111 cm³/mol. The van der Waals surface area contributed by atoms with Gasteiger partial charge in [0.1, 0.15) is 17.7 Å². The minimum absolute atomic E-state index is 0.00972. The molecule has 0 aromatic heterocycles. The van der Waals surface area contributed by atoms with Crippen LogP contribution in [-0.4, -0.2) is 61.3 Å². The Kier molecular flexibility index (Phi) is 5.54. The monoisotopic (exact) mass is 454 g/mol. The zero-order chi connectivity index (χ0) is 21.8. The Labute approximate surface area is 181 Å². The molecule has 5 rings (SSSR count). The van der Waals surface area contributed by atoms with Crippen molar-refractivity contribution >= 4 is 10.0 Å². The summed E-state index contributed by atoms with van der Waals surface area (Å²) in [6.07, 6.45) is 3.21. The third-order valence-electron chi connectivity index (χ3n) is 7.00. The normalized spacial score (nSPS) is 30.4. The Morgan fingerprint density at radius 1 is 1.16 bits per heavy atom. The second-order valence-corrected chi connectivity index (χ2v) is 11.0. The van der Waals surface area contributed by atoms with Crippen molar-refractivity contribution in [1.29, 1.82) is 0 Å². The summed E-state index contributed by atoms with van der Waals surface area (Å²) in [5.41, 5.74) is 11.4. The molecule has 3 aliphatic heterocycles. The Morgan fingerprint density at radius 3 is 2.68 bits per heavy atom. The lowest BCUT2D eigenvalue weighted by Gasteiger charge is -2.39. The van der Waals surface area contributed by atoms with Crippen LogP contribution in [-0.2, 0) is 14.8 Å². The molecule has 1 aromatic rings. The highest BCUT2D eigenvalue weighted by Gasteiger charge is 2.44.